The van der Waals surface area contributed by atoms with Crippen molar-refractivity contribution < 1.29 is 9.32 Å². The maximum absolute atomic E-state index is 12.4. The molecule has 116 valence electrons. The number of aryl methyl sites for hydroxylation is 1. The van der Waals surface area contributed by atoms with Gasteiger partial charge in [-0.1, -0.05) is 5.16 Å². The molecule has 1 saturated carbocycles. The molecule has 6 nitrogen and oxygen atoms in total. The molecule has 1 aliphatic heterocycles. The standard InChI is InChI=1S/C15H24N4O2/c1-11-8-14(21-17-11)10-18-4-6-19(7-5-18)15(20)12-2-3-13(16)9-12/h8,12-13H,2-7,9-10,16H2,1H3/t12-,13-/m1/s1. The van der Waals surface area contributed by atoms with Gasteiger partial charge < -0.3 is 15.2 Å². The summed E-state index contributed by atoms with van der Waals surface area (Å²) in [5.74, 6) is 1.36. The summed E-state index contributed by atoms with van der Waals surface area (Å²) in [6.07, 6.45) is 2.80. The summed E-state index contributed by atoms with van der Waals surface area (Å²) in [5, 5.41) is 3.91. The molecule has 1 saturated heterocycles. The maximum Gasteiger partial charge on any atom is 0.225 e. The van der Waals surface area contributed by atoms with Crippen molar-refractivity contribution in [2.75, 3.05) is 26.2 Å². The summed E-state index contributed by atoms with van der Waals surface area (Å²) < 4.78 is 5.25. The van der Waals surface area contributed by atoms with Crippen molar-refractivity contribution >= 4 is 5.91 Å². The molecule has 0 aromatic carbocycles. The lowest BCUT2D eigenvalue weighted by atomic mass is 10.1. The molecule has 0 spiro atoms. The molecule has 2 N–H and O–H groups in total. The summed E-state index contributed by atoms with van der Waals surface area (Å²) in [6, 6.07) is 2.19. The van der Waals surface area contributed by atoms with Crippen LogP contribution in [0.4, 0.5) is 0 Å². The molecule has 1 aliphatic carbocycles. The number of aromatic nitrogens is 1. The predicted octanol–water partition coefficient (Wildman–Crippen LogP) is 0.755. The van der Waals surface area contributed by atoms with Crippen LogP contribution in [0.3, 0.4) is 0 Å². The second-order valence-corrected chi connectivity index (χ2v) is 6.31. The number of nitrogens with zero attached hydrogens (tertiary/aromatic N) is 3. The Morgan fingerprint density at radius 3 is 2.71 bits per heavy atom. The molecule has 0 radical (unpaired) electrons. The highest BCUT2D eigenvalue weighted by molar-refractivity contribution is 5.79. The number of carbonyl (C=O) groups is 1. The molecule has 2 fully saturated rings. The molecule has 1 aromatic rings. The van der Waals surface area contributed by atoms with Gasteiger partial charge in [0.2, 0.25) is 5.91 Å². The van der Waals surface area contributed by atoms with Crippen LogP contribution in [0.15, 0.2) is 10.6 Å². The number of nitrogens with two attached hydrogens (primary N) is 1. The number of rotatable bonds is 3. The third kappa shape index (κ3) is 3.44. The van der Waals surface area contributed by atoms with Gasteiger partial charge >= 0.3 is 0 Å². The Morgan fingerprint density at radius 2 is 2.14 bits per heavy atom. The predicted molar refractivity (Wildman–Crippen MR) is 78.4 cm³/mol. The van der Waals surface area contributed by atoms with Gasteiger partial charge in [0.1, 0.15) is 0 Å². The molecule has 1 aromatic heterocycles. The van der Waals surface area contributed by atoms with Crippen LogP contribution in [-0.4, -0.2) is 53.1 Å². The van der Waals surface area contributed by atoms with Crippen molar-refractivity contribution in [1.29, 1.82) is 0 Å². The average molecular weight is 292 g/mol. The Hall–Kier alpha value is -1.40. The van der Waals surface area contributed by atoms with Gasteiger partial charge in [-0.25, -0.2) is 0 Å². The van der Waals surface area contributed by atoms with Gasteiger partial charge in [0, 0.05) is 44.2 Å². The summed E-state index contributed by atoms with van der Waals surface area (Å²) in [6.45, 7) is 6.09. The highest BCUT2D eigenvalue weighted by Gasteiger charge is 2.32. The third-order valence-electron chi connectivity index (χ3n) is 4.56. The summed E-state index contributed by atoms with van der Waals surface area (Å²) >= 11 is 0. The summed E-state index contributed by atoms with van der Waals surface area (Å²) in [5.41, 5.74) is 6.82. The van der Waals surface area contributed by atoms with Crippen LogP contribution in [0.25, 0.3) is 0 Å². The van der Waals surface area contributed by atoms with E-state index in [1.165, 1.54) is 0 Å². The van der Waals surface area contributed by atoms with E-state index in [9.17, 15) is 4.79 Å². The van der Waals surface area contributed by atoms with E-state index in [2.05, 4.69) is 10.1 Å². The quantitative estimate of drug-likeness (QED) is 0.890. The maximum atomic E-state index is 12.4. The van der Waals surface area contributed by atoms with E-state index in [0.29, 0.717) is 5.91 Å². The topological polar surface area (TPSA) is 75.6 Å². The van der Waals surface area contributed by atoms with Crippen LogP contribution in [-0.2, 0) is 11.3 Å². The minimum atomic E-state index is 0.156. The third-order valence-corrected chi connectivity index (χ3v) is 4.56. The highest BCUT2D eigenvalue weighted by atomic mass is 16.5. The Bertz CT molecular complexity index is 494. The molecule has 0 unspecified atom stereocenters. The number of hydrogen-bond acceptors (Lipinski definition) is 5. The van der Waals surface area contributed by atoms with Gasteiger partial charge in [-0.05, 0) is 26.2 Å². The lowest BCUT2D eigenvalue weighted by molar-refractivity contribution is -0.137. The van der Waals surface area contributed by atoms with Gasteiger partial charge in [-0.15, -0.1) is 0 Å². The number of carbonyl (C=O) groups excluding carboxylic acids is 1. The van der Waals surface area contributed by atoms with Crippen LogP contribution in [0.1, 0.15) is 30.7 Å². The van der Waals surface area contributed by atoms with Crippen molar-refractivity contribution in [2.45, 2.75) is 38.8 Å². The lowest BCUT2D eigenvalue weighted by Crippen LogP contribution is -2.49. The van der Waals surface area contributed by atoms with Gasteiger partial charge in [0.15, 0.2) is 5.76 Å². The minimum Gasteiger partial charge on any atom is -0.360 e. The zero-order chi connectivity index (χ0) is 14.8. The van der Waals surface area contributed by atoms with E-state index < -0.39 is 0 Å². The first-order valence-corrected chi connectivity index (χ1v) is 7.81. The minimum absolute atomic E-state index is 0.156. The van der Waals surface area contributed by atoms with Gasteiger partial charge in [0.25, 0.3) is 0 Å². The van der Waals surface area contributed by atoms with Crippen molar-refractivity contribution in [3.05, 3.63) is 17.5 Å². The van der Waals surface area contributed by atoms with Gasteiger partial charge in [0.05, 0.1) is 12.2 Å². The number of amides is 1. The molecular weight excluding hydrogens is 268 g/mol. The lowest BCUT2D eigenvalue weighted by Gasteiger charge is -2.35. The second-order valence-electron chi connectivity index (χ2n) is 6.31. The highest BCUT2D eigenvalue weighted by Crippen LogP contribution is 2.26. The first-order valence-electron chi connectivity index (χ1n) is 7.81. The van der Waals surface area contributed by atoms with E-state index in [1.54, 1.807) is 0 Å². The Labute approximate surface area is 125 Å². The van der Waals surface area contributed by atoms with Crippen LogP contribution in [0.5, 0.6) is 0 Å². The summed E-state index contributed by atoms with van der Waals surface area (Å²) in [7, 11) is 0. The van der Waals surface area contributed by atoms with E-state index in [-0.39, 0.29) is 12.0 Å². The second kappa shape index (κ2) is 6.15. The first kappa shape index (κ1) is 14.5. The first-order chi connectivity index (χ1) is 10.1. The van der Waals surface area contributed by atoms with Crippen LogP contribution >= 0.6 is 0 Å². The molecule has 6 heteroatoms. The van der Waals surface area contributed by atoms with Crippen LogP contribution < -0.4 is 5.73 Å². The van der Waals surface area contributed by atoms with Crippen molar-refractivity contribution in [1.82, 2.24) is 15.0 Å². The molecular formula is C15H24N4O2. The molecule has 1 amide bonds. The molecule has 2 atom stereocenters. The zero-order valence-corrected chi connectivity index (χ0v) is 12.6. The van der Waals surface area contributed by atoms with Crippen molar-refractivity contribution in [3.8, 4) is 0 Å². The smallest absolute Gasteiger partial charge is 0.225 e. The SMILES string of the molecule is Cc1cc(CN2CCN(C(=O)[C@@H]3CC[C@@H](N)C3)CC2)on1. The Kier molecular flexibility index (Phi) is 4.26. The number of hydrogen-bond donors (Lipinski definition) is 1. The monoisotopic (exact) mass is 292 g/mol. The van der Waals surface area contributed by atoms with Crippen molar-refractivity contribution in [2.24, 2.45) is 11.7 Å². The molecule has 0 bridgehead atoms. The molecule has 21 heavy (non-hydrogen) atoms. The zero-order valence-electron chi connectivity index (χ0n) is 12.6. The molecule has 3 rings (SSSR count). The Morgan fingerprint density at radius 1 is 1.38 bits per heavy atom. The average Bonchev–Trinajstić information content (AvgIpc) is 3.08. The normalized spacial score (nSPS) is 27.2. The van der Waals surface area contributed by atoms with E-state index in [1.807, 2.05) is 17.9 Å². The Balaban J connectivity index is 1.47. The van der Waals surface area contributed by atoms with Gasteiger partial charge in [-0.3, -0.25) is 9.69 Å². The number of piperazine rings is 1. The van der Waals surface area contributed by atoms with E-state index >= 15 is 0 Å². The van der Waals surface area contributed by atoms with Crippen LogP contribution in [0, 0.1) is 12.8 Å². The molecule has 2 aliphatic rings. The molecule has 2 heterocycles. The van der Waals surface area contributed by atoms with Crippen LogP contribution in [0.2, 0.25) is 0 Å². The fourth-order valence-corrected chi connectivity index (χ4v) is 3.34. The fourth-order valence-electron chi connectivity index (χ4n) is 3.34. The van der Waals surface area contributed by atoms with E-state index in [4.69, 9.17) is 10.3 Å². The fraction of sp³-hybridized carbons (Fsp3) is 0.733. The van der Waals surface area contributed by atoms with Crippen molar-refractivity contribution in [3.63, 3.8) is 0 Å². The largest absolute Gasteiger partial charge is 0.360 e. The van der Waals surface area contributed by atoms with E-state index in [0.717, 1.165) is 63.4 Å². The van der Waals surface area contributed by atoms with Gasteiger partial charge in [-0.2, -0.15) is 0 Å². The summed E-state index contributed by atoms with van der Waals surface area (Å²) in [4.78, 5) is 16.8.